The van der Waals surface area contributed by atoms with Gasteiger partial charge in [0, 0.05) is 10.6 Å². The fourth-order valence-electron chi connectivity index (χ4n) is 1.84. The van der Waals surface area contributed by atoms with Crippen LogP contribution in [0.5, 0.6) is 0 Å². The molecule has 0 aliphatic heterocycles. The van der Waals surface area contributed by atoms with Crippen molar-refractivity contribution in [2.24, 2.45) is 10.8 Å². The number of amides is 1. The van der Waals surface area contributed by atoms with Gasteiger partial charge in [0.2, 0.25) is 0 Å². The zero-order valence-corrected chi connectivity index (χ0v) is 12.5. The molecule has 9 heteroatoms. The van der Waals surface area contributed by atoms with Crippen LogP contribution in [0.2, 0.25) is 0 Å². The highest BCUT2D eigenvalue weighted by Gasteiger charge is 2.20. The number of carbonyl (C=O) groups is 2. The summed E-state index contributed by atoms with van der Waals surface area (Å²) in [6.45, 7) is 0.411. The number of carboxylic acid groups (broad SMARTS) is 1. The molecule has 0 fully saturated rings. The molecule has 0 heterocycles. The molecule has 124 valence electrons. The van der Waals surface area contributed by atoms with Gasteiger partial charge >= 0.3 is 12.1 Å². The quantitative estimate of drug-likeness (QED) is 0.276. The number of unbranched alkanes of at least 4 members (excludes halogenated alkanes) is 1. The number of rotatable bonds is 9. The summed E-state index contributed by atoms with van der Waals surface area (Å²) in [5.74, 6) is -1.12. The van der Waals surface area contributed by atoms with Crippen LogP contribution in [0, 0.1) is 0 Å². The number of hydrogen-bond acceptors (Lipinski definition) is 5. The topological polar surface area (TPSA) is 150 Å². The van der Waals surface area contributed by atoms with Crippen molar-refractivity contribution in [1.29, 1.82) is 0 Å². The van der Waals surface area contributed by atoms with E-state index in [2.05, 4.69) is 15.3 Å². The van der Waals surface area contributed by atoms with E-state index in [1.54, 1.807) is 24.3 Å². The molecule has 1 aromatic rings. The number of benzene rings is 1. The normalized spacial score (nSPS) is 11.2. The number of carboxylic acids is 1. The lowest BCUT2D eigenvalue weighted by atomic mass is 10.1. The van der Waals surface area contributed by atoms with Crippen LogP contribution in [0.3, 0.4) is 0 Å². The van der Waals surface area contributed by atoms with Crippen molar-refractivity contribution in [2.75, 3.05) is 6.54 Å². The predicted octanol–water partition coefficient (Wildman–Crippen LogP) is 2.44. The number of nitrogens with two attached hydrogens (primary N) is 1. The summed E-state index contributed by atoms with van der Waals surface area (Å²) in [5, 5.41) is 14.8. The van der Waals surface area contributed by atoms with Crippen molar-refractivity contribution < 1.29 is 19.4 Å². The van der Waals surface area contributed by atoms with Crippen LogP contribution < -0.4 is 11.1 Å². The number of ether oxygens (including phenoxy) is 1. The van der Waals surface area contributed by atoms with E-state index in [-0.39, 0.29) is 13.0 Å². The van der Waals surface area contributed by atoms with E-state index in [0.29, 0.717) is 30.6 Å². The molecule has 4 N–H and O–H groups in total. The average Bonchev–Trinajstić information content (AvgIpc) is 2.53. The zero-order valence-electron chi connectivity index (χ0n) is 12.5. The van der Waals surface area contributed by atoms with Gasteiger partial charge in [-0.1, -0.05) is 23.3 Å². The van der Waals surface area contributed by atoms with Crippen LogP contribution in [-0.2, 0) is 16.1 Å². The van der Waals surface area contributed by atoms with Gasteiger partial charge in [-0.2, -0.15) is 0 Å². The Hall–Kier alpha value is -2.77. The first kappa shape index (κ1) is 18.3. The van der Waals surface area contributed by atoms with Crippen LogP contribution in [0.1, 0.15) is 24.8 Å². The Kier molecular flexibility index (Phi) is 7.98. The Balaban J connectivity index is 2.49. The predicted molar refractivity (Wildman–Crippen MR) is 82.9 cm³/mol. The van der Waals surface area contributed by atoms with Gasteiger partial charge in [0.25, 0.3) is 0 Å². The minimum Gasteiger partial charge on any atom is -0.480 e. The number of azide groups is 1. The Morgan fingerprint density at radius 2 is 2.22 bits per heavy atom. The molecule has 0 spiro atoms. The molecule has 1 aromatic carbocycles. The van der Waals surface area contributed by atoms with Crippen molar-refractivity contribution >= 4 is 17.7 Å². The zero-order chi connectivity index (χ0) is 17.1. The third-order valence-corrected chi connectivity index (χ3v) is 2.98. The Bertz CT molecular complexity index is 586. The number of hydrogen-bond donors (Lipinski definition) is 3. The molecular weight excluding hydrogens is 302 g/mol. The van der Waals surface area contributed by atoms with E-state index >= 15 is 0 Å². The first-order valence-electron chi connectivity index (χ1n) is 7.07. The monoisotopic (exact) mass is 321 g/mol. The molecule has 0 saturated heterocycles. The average molecular weight is 321 g/mol. The summed E-state index contributed by atoms with van der Waals surface area (Å²) in [5.41, 5.74) is 14.7. The number of alkyl carbamates (subject to hydrolysis) is 1. The third kappa shape index (κ3) is 7.16. The van der Waals surface area contributed by atoms with E-state index in [1.165, 1.54) is 0 Å². The molecule has 23 heavy (non-hydrogen) atoms. The van der Waals surface area contributed by atoms with Crippen molar-refractivity contribution in [3.8, 4) is 0 Å². The first-order valence-corrected chi connectivity index (χ1v) is 7.07. The third-order valence-electron chi connectivity index (χ3n) is 2.98. The van der Waals surface area contributed by atoms with Gasteiger partial charge < -0.3 is 20.9 Å². The molecule has 0 saturated carbocycles. The van der Waals surface area contributed by atoms with Crippen molar-refractivity contribution in [1.82, 2.24) is 5.32 Å². The van der Waals surface area contributed by atoms with E-state index < -0.39 is 18.1 Å². The molecular formula is C14H19N5O4. The lowest BCUT2D eigenvalue weighted by Gasteiger charge is -2.14. The van der Waals surface area contributed by atoms with Crippen molar-refractivity contribution in [3.63, 3.8) is 0 Å². The fraction of sp³-hybridized carbons (Fsp3) is 0.429. The van der Waals surface area contributed by atoms with Crippen molar-refractivity contribution in [2.45, 2.75) is 31.9 Å². The van der Waals surface area contributed by atoms with Gasteiger partial charge in [0.15, 0.2) is 0 Å². The van der Waals surface area contributed by atoms with E-state index in [9.17, 15) is 9.59 Å². The lowest BCUT2D eigenvalue weighted by molar-refractivity contribution is -0.139. The summed E-state index contributed by atoms with van der Waals surface area (Å²) in [4.78, 5) is 25.4. The number of carbonyl (C=O) groups excluding carboxylic acids is 1. The summed E-state index contributed by atoms with van der Waals surface area (Å²) in [6, 6.07) is 5.53. The fourth-order valence-corrected chi connectivity index (χ4v) is 1.84. The summed E-state index contributed by atoms with van der Waals surface area (Å²) in [7, 11) is 0. The second-order valence-corrected chi connectivity index (χ2v) is 4.76. The summed E-state index contributed by atoms with van der Waals surface area (Å²) in [6.07, 6.45) is 0.752. The van der Waals surface area contributed by atoms with Crippen LogP contribution >= 0.6 is 0 Å². The first-order chi connectivity index (χ1) is 11.1. The summed E-state index contributed by atoms with van der Waals surface area (Å²) < 4.78 is 4.98. The van der Waals surface area contributed by atoms with Gasteiger partial charge in [0.05, 0.1) is 0 Å². The molecule has 1 amide bonds. The van der Waals surface area contributed by atoms with Crippen molar-refractivity contribution in [3.05, 3.63) is 40.3 Å². The van der Waals surface area contributed by atoms with Crippen LogP contribution in [-0.4, -0.2) is 29.8 Å². The Morgan fingerprint density at radius 1 is 1.43 bits per heavy atom. The lowest BCUT2D eigenvalue weighted by Crippen LogP contribution is -2.41. The maximum atomic E-state index is 11.7. The molecule has 1 rings (SSSR count). The number of nitrogens with one attached hydrogen (secondary N) is 1. The van der Waals surface area contributed by atoms with E-state index in [0.717, 1.165) is 0 Å². The largest absolute Gasteiger partial charge is 0.480 e. The molecule has 0 aliphatic rings. The molecule has 9 nitrogen and oxygen atoms in total. The molecule has 0 bridgehead atoms. The SMILES string of the molecule is [N-]=[N+]=Nc1cccc(COC(=O)N[C@@H](CCCCN)C(=O)O)c1. The summed E-state index contributed by atoms with van der Waals surface area (Å²) >= 11 is 0. The maximum absolute atomic E-state index is 11.7. The van der Waals surface area contributed by atoms with Gasteiger partial charge in [0.1, 0.15) is 12.6 Å². The number of nitrogens with zero attached hydrogens (tertiary/aromatic N) is 3. The minimum atomic E-state index is -1.12. The van der Waals surface area contributed by atoms with Crippen LogP contribution in [0.15, 0.2) is 29.4 Å². The van der Waals surface area contributed by atoms with Crippen LogP contribution in [0.4, 0.5) is 10.5 Å². The molecule has 0 radical (unpaired) electrons. The highest BCUT2D eigenvalue weighted by Crippen LogP contribution is 2.15. The second kappa shape index (κ2) is 10.0. The molecule has 0 aliphatic carbocycles. The van der Waals surface area contributed by atoms with E-state index in [4.69, 9.17) is 21.1 Å². The molecule has 0 aromatic heterocycles. The highest BCUT2D eigenvalue weighted by molar-refractivity contribution is 5.79. The molecule has 0 unspecified atom stereocenters. The minimum absolute atomic E-state index is 0.0598. The number of aliphatic carboxylic acids is 1. The maximum Gasteiger partial charge on any atom is 0.408 e. The second-order valence-electron chi connectivity index (χ2n) is 4.76. The standard InChI is InChI=1S/C14H19N5O4/c15-7-2-1-6-12(13(20)21)17-14(22)23-9-10-4-3-5-11(8-10)18-19-16/h3-5,8,12H,1-2,6-7,9,15H2,(H,17,22)(H,20,21)/t12-/m0/s1. The van der Waals surface area contributed by atoms with Gasteiger partial charge in [-0.05, 0) is 43.0 Å². The smallest absolute Gasteiger partial charge is 0.408 e. The van der Waals surface area contributed by atoms with Gasteiger partial charge in [-0.15, -0.1) is 0 Å². The van der Waals surface area contributed by atoms with E-state index in [1.807, 2.05) is 0 Å². The van der Waals surface area contributed by atoms with Gasteiger partial charge in [-0.3, -0.25) is 0 Å². The Labute approximate surface area is 133 Å². The Morgan fingerprint density at radius 3 is 2.87 bits per heavy atom. The van der Waals surface area contributed by atoms with Crippen LogP contribution in [0.25, 0.3) is 10.4 Å². The highest BCUT2D eigenvalue weighted by atomic mass is 16.5. The molecule has 1 atom stereocenters. The van der Waals surface area contributed by atoms with Gasteiger partial charge in [-0.25, -0.2) is 9.59 Å².